The van der Waals surface area contributed by atoms with E-state index in [-0.39, 0.29) is 0 Å². The van der Waals surface area contributed by atoms with Gasteiger partial charge in [-0.1, -0.05) is 19.1 Å². The lowest BCUT2D eigenvalue weighted by Crippen LogP contribution is -2.35. The second-order valence-electron chi connectivity index (χ2n) is 5.10. The van der Waals surface area contributed by atoms with E-state index >= 15 is 0 Å². The maximum absolute atomic E-state index is 5.79. The van der Waals surface area contributed by atoms with Crippen molar-refractivity contribution in [2.24, 2.45) is 12.8 Å². The van der Waals surface area contributed by atoms with Crippen LogP contribution in [0.5, 0.6) is 0 Å². The third-order valence-electron chi connectivity index (χ3n) is 3.88. The number of rotatable bonds is 5. The number of aryl methyl sites for hydroxylation is 2. The Bertz CT molecular complexity index is 468. The molecule has 2 rings (SSSR count). The number of likely N-dealkylation sites (tertiary alicyclic amines) is 1. The van der Waals surface area contributed by atoms with Gasteiger partial charge >= 0.3 is 0 Å². The first kappa shape index (κ1) is 14.3. The number of hydrogen-bond acceptors (Lipinski definition) is 4. The topological polar surface area (TPSA) is 59.1 Å². The second-order valence-corrected chi connectivity index (χ2v) is 5.54. The predicted molar refractivity (Wildman–Crippen MR) is 82.6 cm³/mol. The summed E-state index contributed by atoms with van der Waals surface area (Å²) in [5.74, 6) is 0.938. The Morgan fingerprint density at radius 3 is 2.95 bits per heavy atom. The Hall–Kier alpha value is -1.14. The Morgan fingerprint density at radius 2 is 2.32 bits per heavy atom. The Labute approximate surface area is 120 Å². The van der Waals surface area contributed by atoms with Crippen LogP contribution in [0.25, 0.3) is 0 Å². The van der Waals surface area contributed by atoms with E-state index in [1.54, 1.807) is 0 Å². The van der Waals surface area contributed by atoms with E-state index < -0.39 is 0 Å². The van der Waals surface area contributed by atoms with E-state index in [1.165, 1.54) is 19.4 Å². The SMILES string of the molecule is CCN1CCCC1CNc1c(C(N)=S)c(C)nn1C. The maximum atomic E-state index is 5.79. The van der Waals surface area contributed by atoms with Crippen LogP contribution in [0.1, 0.15) is 31.0 Å². The lowest BCUT2D eigenvalue weighted by Gasteiger charge is -2.23. The molecule has 5 nitrogen and oxygen atoms in total. The van der Waals surface area contributed by atoms with E-state index in [2.05, 4.69) is 22.2 Å². The molecule has 1 atom stereocenters. The number of hydrogen-bond donors (Lipinski definition) is 2. The molecule has 1 unspecified atom stereocenters. The van der Waals surface area contributed by atoms with Gasteiger partial charge in [0.1, 0.15) is 10.8 Å². The Balaban J connectivity index is 2.09. The zero-order chi connectivity index (χ0) is 14.0. The van der Waals surface area contributed by atoms with Crippen molar-refractivity contribution in [3.05, 3.63) is 11.3 Å². The molecule has 0 aliphatic carbocycles. The summed E-state index contributed by atoms with van der Waals surface area (Å²) < 4.78 is 1.83. The average molecular weight is 281 g/mol. The fourth-order valence-electron chi connectivity index (χ4n) is 2.91. The third-order valence-corrected chi connectivity index (χ3v) is 4.08. The fraction of sp³-hybridized carbons (Fsp3) is 0.692. The number of anilines is 1. The van der Waals surface area contributed by atoms with E-state index in [0.29, 0.717) is 11.0 Å². The summed E-state index contributed by atoms with van der Waals surface area (Å²) in [6.45, 7) is 7.39. The van der Waals surface area contributed by atoms with Gasteiger partial charge in [0.15, 0.2) is 0 Å². The summed E-state index contributed by atoms with van der Waals surface area (Å²) in [7, 11) is 1.92. The van der Waals surface area contributed by atoms with Gasteiger partial charge in [-0.25, -0.2) is 0 Å². The van der Waals surface area contributed by atoms with Crippen LogP contribution >= 0.6 is 12.2 Å². The van der Waals surface area contributed by atoms with Gasteiger partial charge in [-0.3, -0.25) is 9.58 Å². The van der Waals surface area contributed by atoms with Gasteiger partial charge in [0.25, 0.3) is 0 Å². The van der Waals surface area contributed by atoms with Crippen molar-refractivity contribution in [2.75, 3.05) is 25.0 Å². The summed E-state index contributed by atoms with van der Waals surface area (Å²) in [6, 6.07) is 0.597. The van der Waals surface area contributed by atoms with Crippen LogP contribution in [0, 0.1) is 6.92 Å². The molecule has 1 fully saturated rings. The summed E-state index contributed by atoms with van der Waals surface area (Å²) in [6.07, 6.45) is 2.53. The largest absolute Gasteiger partial charge is 0.389 e. The van der Waals surface area contributed by atoms with Crippen molar-refractivity contribution in [3.63, 3.8) is 0 Å². The number of thiocarbonyl (C=S) groups is 1. The van der Waals surface area contributed by atoms with E-state index in [1.807, 2.05) is 18.7 Å². The molecule has 2 heterocycles. The molecule has 1 aliphatic rings. The van der Waals surface area contributed by atoms with Crippen molar-refractivity contribution < 1.29 is 0 Å². The van der Waals surface area contributed by atoms with Gasteiger partial charge in [-0.2, -0.15) is 5.10 Å². The molecular weight excluding hydrogens is 258 g/mol. The quantitative estimate of drug-likeness (QED) is 0.796. The number of likely N-dealkylation sites (N-methyl/N-ethyl adjacent to an activating group) is 1. The fourth-order valence-corrected chi connectivity index (χ4v) is 3.16. The molecule has 1 saturated heterocycles. The molecule has 0 aromatic carbocycles. The highest BCUT2D eigenvalue weighted by Gasteiger charge is 2.24. The minimum Gasteiger partial charge on any atom is -0.389 e. The number of aromatic nitrogens is 2. The molecule has 1 aromatic rings. The summed E-state index contributed by atoms with van der Waals surface area (Å²) in [5.41, 5.74) is 7.55. The highest BCUT2D eigenvalue weighted by molar-refractivity contribution is 7.80. The third kappa shape index (κ3) is 2.90. The summed E-state index contributed by atoms with van der Waals surface area (Å²) in [5, 5.41) is 7.87. The standard InChI is InChI=1S/C13H23N5S/c1-4-18-7-5-6-10(18)8-15-13-11(12(14)19)9(2)16-17(13)3/h10,15H,4-8H2,1-3H3,(H2,14,19). The van der Waals surface area contributed by atoms with Crippen molar-refractivity contribution in [2.45, 2.75) is 32.7 Å². The molecule has 0 spiro atoms. The van der Waals surface area contributed by atoms with Crippen LogP contribution in [-0.2, 0) is 7.05 Å². The van der Waals surface area contributed by atoms with Gasteiger partial charge in [0.05, 0.1) is 11.3 Å². The van der Waals surface area contributed by atoms with Crippen LogP contribution in [-0.4, -0.2) is 45.3 Å². The predicted octanol–water partition coefficient (Wildman–Crippen LogP) is 1.26. The minimum atomic E-state index is 0.409. The molecule has 0 bridgehead atoms. The summed E-state index contributed by atoms with van der Waals surface area (Å²) in [4.78, 5) is 2.92. The van der Waals surface area contributed by atoms with Gasteiger partial charge < -0.3 is 11.1 Å². The molecule has 1 aromatic heterocycles. The van der Waals surface area contributed by atoms with Gasteiger partial charge in [-0.15, -0.1) is 0 Å². The average Bonchev–Trinajstić information content (AvgIpc) is 2.90. The minimum absolute atomic E-state index is 0.409. The summed E-state index contributed by atoms with van der Waals surface area (Å²) >= 11 is 5.12. The Morgan fingerprint density at radius 1 is 1.58 bits per heavy atom. The maximum Gasteiger partial charge on any atom is 0.134 e. The highest BCUT2D eigenvalue weighted by atomic mass is 32.1. The molecule has 3 N–H and O–H groups in total. The van der Waals surface area contributed by atoms with Gasteiger partial charge in [-0.05, 0) is 32.9 Å². The van der Waals surface area contributed by atoms with Crippen molar-refractivity contribution in [3.8, 4) is 0 Å². The monoisotopic (exact) mass is 281 g/mol. The smallest absolute Gasteiger partial charge is 0.134 e. The molecule has 1 aliphatic heterocycles. The van der Waals surface area contributed by atoms with Crippen LogP contribution < -0.4 is 11.1 Å². The molecule has 0 amide bonds. The van der Waals surface area contributed by atoms with Crippen molar-refractivity contribution >= 4 is 23.0 Å². The lowest BCUT2D eigenvalue weighted by molar-refractivity contribution is 0.276. The first-order chi connectivity index (χ1) is 9.04. The van der Waals surface area contributed by atoms with Gasteiger partial charge in [0, 0.05) is 19.6 Å². The van der Waals surface area contributed by atoms with E-state index in [4.69, 9.17) is 18.0 Å². The highest BCUT2D eigenvalue weighted by Crippen LogP contribution is 2.21. The molecule has 106 valence electrons. The zero-order valence-corrected chi connectivity index (χ0v) is 12.8. The number of nitrogens with two attached hydrogens (primary N) is 1. The second kappa shape index (κ2) is 5.88. The molecule has 6 heteroatoms. The van der Waals surface area contributed by atoms with E-state index in [9.17, 15) is 0 Å². The van der Waals surface area contributed by atoms with Gasteiger partial charge in [0.2, 0.25) is 0 Å². The van der Waals surface area contributed by atoms with Crippen LogP contribution in [0.15, 0.2) is 0 Å². The Kier molecular flexibility index (Phi) is 4.42. The van der Waals surface area contributed by atoms with Crippen LogP contribution in [0.3, 0.4) is 0 Å². The molecule has 19 heavy (non-hydrogen) atoms. The molecular formula is C13H23N5S. The lowest BCUT2D eigenvalue weighted by atomic mass is 10.2. The number of nitrogens with one attached hydrogen (secondary N) is 1. The molecule has 0 saturated carbocycles. The normalized spacial score (nSPS) is 19.8. The first-order valence-electron chi connectivity index (χ1n) is 6.86. The van der Waals surface area contributed by atoms with Crippen molar-refractivity contribution in [1.29, 1.82) is 0 Å². The van der Waals surface area contributed by atoms with Crippen LogP contribution in [0.4, 0.5) is 5.82 Å². The zero-order valence-electron chi connectivity index (χ0n) is 11.9. The molecule has 0 radical (unpaired) electrons. The van der Waals surface area contributed by atoms with E-state index in [0.717, 1.165) is 30.2 Å². The number of nitrogens with zero attached hydrogens (tertiary/aromatic N) is 3. The first-order valence-corrected chi connectivity index (χ1v) is 7.26. The van der Waals surface area contributed by atoms with Crippen molar-refractivity contribution in [1.82, 2.24) is 14.7 Å². The van der Waals surface area contributed by atoms with Crippen LogP contribution in [0.2, 0.25) is 0 Å².